The summed E-state index contributed by atoms with van der Waals surface area (Å²) >= 11 is 16.0. The van der Waals surface area contributed by atoms with Crippen molar-refractivity contribution in [3.05, 3.63) is 92.6 Å². The molecule has 1 saturated heterocycles. The summed E-state index contributed by atoms with van der Waals surface area (Å²) in [6.07, 6.45) is 0.424. The van der Waals surface area contributed by atoms with E-state index >= 15 is 0 Å². The van der Waals surface area contributed by atoms with Gasteiger partial charge < -0.3 is 9.47 Å². The highest BCUT2D eigenvalue weighted by Gasteiger charge is 2.35. The molecule has 1 aliphatic rings. The first kappa shape index (κ1) is 20.6. The van der Waals surface area contributed by atoms with Crippen LogP contribution in [0.4, 0.5) is 5.69 Å². The molecule has 4 nitrogen and oxygen atoms in total. The van der Waals surface area contributed by atoms with E-state index in [-0.39, 0.29) is 11.8 Å². The smallest absolute Gasteiger partial charge is 0.227 e. The van der Waals surface area contributed by atoms with Crippen molar-refractivity contribution in [1.82, 2.24) is 9.55 Å². The number of anilines is 1. The molecule has 3 aromatic carbocycles. The lowest BCUT2D eigenvalue weighted by Crippen LogP contribution is -2.24. The minimum absolute atomic E-state index is 0.00498. The Bertz CT molecular complexity index is 1290. The van der Waals surface area contributed by atoms with E-state index in [1.807, 2.05) is 59.5 Å². The number of amides is 1. The lowest BCUT2D eigenvalue weighted by atomic mass is 10.1. The fraction of sp³-hybridized carbons (Fsp3) is 0.167. The van der Waals surface area contributed by atoms with Crippen molar-refractivity contribution in [2.45, 2.75) is 18.9 Å². The summed E-state index contributed by atoms with van der Waals surface area (Å²) < 4.78 is 3.16. The van der Waals surface area contributed by atoms with Gasteiger partial charge in [0.2, 0.25) is 5.91 Å². The van der Waals surface area contributed by atoms with E-state index in [0.29, 0.717) is 29.6 Å². The van der Waals surface area contributed by atoms with Crippen LogP contribution < -0.4 is 4.90 Å². The van der Waals surface area contributed by atoms with Crippen LogP contribution in [0.1, 0.15) is 23.7 Å². The van der Waals surface area contributed by atoms with E-state index in [2.05, 4.69) is 26.6 Å². The van der Waals surface area contributed by atoms with E-state index in [1.54, 1.807) is 6.07 Å². The summed E-state index contributed by atoms with van der Waals surface area (Å²) in [6, 6.07) is 21.4. The zero-order chi connectivity index (χ0) is 21.5. The van der Waals surface area contributed by atoms with Gasteiger partial charge in [-0.3, -0.25) is 4.79 Å². The number of nitrogens with zero attached hydrogens (tertiary/aromatic N) is 3. The monoisotopic (exact) mass is 513 g/mol. The number of aromatic nitrogens is 2. The normalized spacial score (nSPS) is 16.4. The Morgan fingerprint density at radius 1 is 1.03 bits per heavy atom. The van der Waals surface area contributed by atoms with Crippen LogP contribution in [-0.2, 0) is 11.3 Å². The van der Waals surface area contributed by atoms with Gasteiger partial charge in [0.1, 0.15) is 5.82 Å². The van der Waals surface area contributed by atoms with Crippen LogP contribution in [0.25, 0.3) is 11.0 Å². The van der Waals surface area contributed by atoms with Crippen molar-refractivity contribution in [2.24, 2.45) is 0 Å². The Labute approximate surface area is 198 Å². The van der Waals surface area contributed by atoms with Gasteiger partial charge >= 0.3 is 0 Å². The van der Waals surface area contributed by atoms with E-state index in [1.165, 1.54) is 0 Å². The Kier molecular flexibility index (Phi) is 5.51. The second-order valence-corrected chi connectivity index (χ2v) is 9.42. The number of halogens is 3. The molecular weight excluding hydrogens is 497 g/mol. The molecule has 156 valence electrons. The molecule has 1 amide bonds. The van der Waals surface area contributed by atoms with Crippen LogP contribution >= 0.6 is 39.1 Å². The number of fused-ring (bicyclic) bond motifs is 1. The molecule has 1 aromatic heterocycles. The first-order chi connectivity index (χ1) is 15.0. The van der Waals surface area contributed by atoms with Crippen molar-refractivity contribution in [1.29, 1.82) is 0 Å². The van der Waals surface area contributed by atoms with Gasteiger partial charge in [0.05, 0.1) is 17.6 Å². The Morgan fingerprint density at radius 2 is 1.81 bits per heavy atom. The maximum atomic E-state index is 12.9. The van der Waals surface area contributed by atoms with Crippen molar-refractivity contribution < 1.29 is 4.79 Å². The minimum atomic E-state index is -0.00498. The molecular formula is C24H18BrCl2N3O. The van der Waals surface area contributed by atoms with Crippen LogP contribution in [-0.4, -0.2) is 22.0 Å². The summed E-state index contributed by atoms with van der Waals surface area (Å²) in [6.45, 7) is 1.16. The number of imidazole rings is 1. The molecule has 0 aliphatic carbocycles. The molecule has 0 saturated carbocycles. The average Bonchev–Trinajstić information content (AvgIpc) is 3.31. The summed E-state index contributed by atoms with van der Waals surface area (Å²) in [5.74, 6) is 1.00. The van der Waals surface area contributed by atoms with Crippen LogP contribution in [0.5, 0.6) is 0 Å². The van der Waals surface area contributed by atoms with Gasteiger partial charge in [-0.1, -0.05) is 57.3 Å². The summed E-state index contributed by atoms with van der Waals surface area (Å²) in [5, 5.41) is 1.23. The number of hydrogen-bond donors (Lipinski definition) is 0. The number of carbonyl (C=O) groups is 1. The van der Waals surface area contributed by atoms with Gasteiger partial charge in [0.25, 0.3) is 0 Å². The second-order valence-electron chi connectivity index (χ2n) is 7.66. The van der Waals surface area contributed by atoms with E-state index in [4.69, 9.17) is 28.2 Å². The predicted octanol–water partition coefficient (Wildman–Crippen LogP) is 6.67. The quantitative estimate of drug-likeness (QED) is 0.305. The van der Waals surface area contributed by atoms with Gasteiger partial charge in [-0.2, -0.15) is 0 Å². The summed E-state index contributed by atoms with van der Waals surface area (Å²) in [7, 11) is 0. The molecule has 0 bridgehead atoms. The third-order valence-corrected chi connectivity index (χ3v) is 6.77. The third kappa shape index (κ3) is 3.98. The Hall–Kier alpha value is -2.34. The molecule has 0 spiro atoms. The van der Waals surface area contributed by atoms with E-state index < -0.39 is 0 Å². The van der Waals surface area contributed by atoms with Gasteiger partial charge in [0, 0.05) is 39.1 Å². The topological polar surface area (TPSA) is 38.1 Å². The molecule has 1 aliphatic heterocycles. The number of rotatable bonds is 4. The molecule has 0 radical (unpaired) electrons. The standard InChI is InChI=1S/C24H18BrCl2N3O/c25-17-6-9-19(10-7-17)29-14-16(11-23(29)31)24-28-21-3-1-2-4-22(21)30(24)13-15-5-8-18(26)12-20(15)27/h1-10,12,16H,11,13-14H2. The van der Waals surface area contributed by atoms with Crippen LogP contribution in [0, 0.1) is 0 Å². The molecule has 2 heterocycles. The first-order valence-corrected chi connectivity index (χ1v) is 11.5. The minimum Gasteiger partial charge on any atom is -0.323 e. The lowest BCUT2D eigenvalue weighted by Gasteiger charge is -2.18. The molecule has 1 unspecified atom stereocenters. The predicted molar refractivity (Wildman–Crippen MR) is 129 cm³/mol. The summed E-state index contributed by atoms with van der Waals surface area (Å²) in [4.78, 5) is 19.6. The molecule has 31 heavy (non-hydrogen) atoms. The van der Waals surface area contributed by atoms with Crippen molar-refractivity contribution in [3.63, 3.8) is 0 Å². The maximum Gasteiger partial charge on any atom is 0.227 e. The van der Waals surface area contributed by atoms with Gasteiger partial charge in [-0.25, -0.2) is 4.98 Å². The van der Waals surface area contributed by atoms with Crippen LogP contribution in [0.3, 0.4) is 0 Å². The third-order valence-electron chi connectivity index (χ3n) is 5.66. The zero-order valence-corrected chi connectivity index (χ0v) is 19.5. The Balaban J connectivity index is 1.53. The summed E-state index contributed by atoms with van der Waals surface area (Å²) in [5.41, 5.74) is 3.80. The fourth-order valence-corrected chi connectivity index (χ4v) is 4.88. The average molecular weight is 515 g/mol. The number of para-hydroxylation sites is 2. The first-order valence-electron chi connectivity index (χ1n) is 9.94. The molecule has 7 heteroatoms. The highest BCUT2D eigenvalue weighted by atomic mass is 79.9. The van der Waals surface area contributed by atoms with Gasteiger partial charge in [-0.05, 0) is 54.1 Å². The largest absolute Gasteiger partial charge is 0.323 e. The second kappa shape index (κ2) is 8.30. The molecule has 4 aromatic rings. The molecule has 0 N–H and O–H groups in total. The highest BCUT2D eigenvalue weighted by molar-refractivity contribution is 9.10. The molecule has 1 atom stereocenters. The van der Waals surface area contributed by atoms with E-state index in [0.717, 1.165) is 32.6 Å². The number of benzene rings is 3. The van der Waals surface area contributed by atoms with Crippen LogP contribution in [0.2, 0.25) is 10.0 Å². The number of hydrogen-bond acceptors (Lipinski definition) is 2. The SMILES string of the molecule is O=C1CC(c2nc3ccccc3n2Cc2ccc(Cl)cc2Cl)CN1c1ccc(Br)cc1. The van der Waals surface area contributed by atoms with Crippen molar-refractivity contribution in [3.8, 4) is 0 Å². The fourth-order valence-electron chi connectivity index (χ4n) is 4.14. The van der Waals surface area contributed by atoms with Gasteiger partial charge in [0.15, 0.2) is 0 Å². The van der Waals surface area contributed by atoms with Gasteiger partial charge in [-0.15, -0.1) is 0 Å². The molecule has 1 fully saturated rings. The Morgan fingerprint density at radius 3 is 2.58 bits per heavy atom. The van der Waals surface area contributed by atoms with E-state index in [9.17, 15) is 4.79 Å². The van der Waals surface area contributed by atoms with Crippen molar-refractivity contribution in [2.75, 3.05) is 11.4 Å². The number of carbonyl (C=O) groups excluding carboxylic acids is 1. The lowest BCUT2D eigenvalue weighted by molar-refractivity contribution is -0.117. The van der Waals surface area contributed by atoms with Crippen LogP contribution in [0.15, 0.2) is 71.2 Å². The van der Waals surface area contributed by atoms with Crippen molar-refractivity contribution >= 4 is 61.8 Å². The zero-order valence-electron chi connectivity index (χ0n) is 16.4. The molecule has 5 rings (SSSR count). The maximum absolute atomic E-state index is 12.9. The highest BCUT2D eigenvalue weighted by Crippen LogP contribution is 2.34.